The fourth-order valence-corrected chi connectivity index (χ4v) is 0.935. The van der Waals surface area contributed by atoms with Gasteiger partial charge in [0.05, 0.1) is 7.11 Å². The molecule has 0 saturated heterocycles. The van der Waals surface area contributed by atoms with Gasteiger partial charge >= 0.3 is 6.09 Å². The number of methoxy groups -OCH3 is 1. The Kier molecular flexibility index (Phi) is 7.08. The summed E-state index contributed by atoms with van der Waals surface area (Å²) in [6.45, 7) is 5.43. The number of carbonyl (C=O) groups is 2. The Morgan fingerprint density at radius 3 is 2.07 bits per heavy atom. The van der Waals surface area contributed by atoms with E-state index < -0.39 is 23.5 Å². The van der Waals surface area contributed by atoms with Crippen LogP contribution in [-0.4, -0.2) is 25.2 Å². The summed E-state index contributed by atoms with van der Waals surface area (Å²) in [6, 6.07) is -0.722. The third-order valence-electron chi connectivity index (χ3n) is 1.72. The van der Waals surface area contributed by atoms with E-state index in [-0.39, 0.29) is 12.4 Å². The highest BCUT2D eigenvalue weighted by atomic mass is 35.5. The number of nitrogens with two attached hydrogens (primary N) is 1. The first kappa shape index (κ1) is 16.4. The van der Waals surface area contributed by atoms with Gasteiger partial charge in [-0.1, -0.05) is 20.8 Å². The summed E-state index contributed by atoms with van der Waals surface area (Å²) >= 11 is 0. The van der Waals surface area contributed by atoms with E-state index in [4.69, 9.17) is 5.84 Å². The largest absolute Gasteiger partial charge is 0.453 e. The number of alkyl carbamates (subject to hydrolysis) is 1. The Bertz CT molecular complexity index is 228. The molecule has 6 nitrogen and oxygen atoms in total. The zero-order chi connectivity index (χ0) is 11.4. The van der Waals surface area contributed by atoms with Gasteiger partial charge in [-0.2, -0.15) is 0 Å². The summed E-state index contributed by atoms with van der Waals surface area (Å²) in [5.74, 6) is 4.54. The van der Waals surface area contributed by atoms with Crippen molar-refractivity contribution in [1.29, 1.82) is 0 Å². The lowest BCUT2D eigenvalue weighted by molar-refractivity contribution is -0.125. The monoisotopic (exact) mass is 239 g/mol. The maximum Gasteiger partial charge on any atom is 0.407 e. The zero-order valence-electron chi connectivity index (χ0n) is 9.29. The molecule has 0 aromatic heterocycles. The minimum atomic E-state index is -0.722. The molecule has 0 aromatic rings. The number of hydrogen-bond donors (Lipinski definition) is 3. The Morgan fingerprint density at radius 2 is 1.80 bits per heavy atom. The van der Waals surface area contributed by atoms with Crippen LogP contribution in [-0.2, 0) is 9.53 Å². The van der Waals surface area contributed by atoms with Gasteiger partial charge in [0, 0.05) is 0 Å². The summed E-state index contributed by atoms with van der Waals surface area (Å²) in [5.41, 5.74) is 1.56. The van der Waals surface area contributed by atoms with Gasteiger partial charge in [-0.05, 0) is 5.41 Å². The van der Waals surface area contributed by atoms with Crippen molar-refractivity contribution in [3.8, 4) is 0 Å². The maximum atomic E-state index is 11.3. The molecule has 1 unspecified atom stereocenters. The molecule has 0 fully saturated rings. The number of carbonyl (C=O) groups excluding carboxylic acids is 2. The lowest BCUT2D eigenvalue weighted by Crippen LogP contribution is -2.55. The molecule has 4 N–H and O–H groups in total. The van der Waals surface area contributed by atoms with E-state index in [0.29, 0.717) is 0 Å². The topological polar surface area (TPSA) is 93.4 Å². The second-order valence-corrected chi connectivity index (χ2v) is 3.94. The number of hydrogen-bond acceptors (Lipinski definition) is 4. The van der Waals surface area contributed by atoms with Gasteiger partial charge in [-0.25, -0.2) is 10.6 Å². The smallest absolute Gasteiger partial charge is 0.407 e. The quantitative estimate of drug-likeness (QED) is 0.364. The number of hydrazine groups is 1. The Hall–Kier alpha value is -1.01. The fourth-order valence-electron chi connectivity index (χ4n) is 0.935. The van der Waals surface area contributed by atoms with E-state index in [1.165, 1.54) is 7.11 Å². The van der Waals surface area contributed by atoms with Crippen LogP contribution in [0.5, 0.6) is 0 Å². The molecule has 0 aromatic carbocycles. The summed E-state index contributed by atoms with van der Waals surface area (Å²) in [4.78, 5) is 22.2. The van der Waals surface area contributed by atoms with Crippen LogP contribution in [0.15, 0.2) is 0 Å². The number of ether oxygens (including phenoxy) is 1. The van der Waals surface area contributed by atoms with Gasteiger partial charge < -0.3 is 10.1 Å². The molecule has 90 valence electrons. The summed E-state index contributed by atoms with van der Waals surface area (Å²) in [7, 11) is 1.23. The minimum Gasteiger partial charge on any atom is -0.453 e. The van der Waals surface area contributed by atoms with Crippen LogP contribution in [0.25, 0.3) is 0 Å². The number of nitrogens with one attached hydrogen (secondary N) is 2. The Morgan fingerprint density at radius 1 is 1.33 bits per heavy atom. The van der Waals surface area contributed by atoms with Crippen LogP contribution in [0.4, 0.5) is 4.79 Å². The van der Waals surface area contributed by atoms with E-state index in [1.54, 1.807) is 0 Å². The predicted octanol–water partition coefficient (Wildman–Crippen LogP) is 0.169. The maximum absolute atomic E-state index is 11.3. The second-order valence-electron chi connectivity index (χ2n) is 3.94. The first-order valence-corrected chi connectivity index (χ1v) is 4.18. The SMILES string of the molecule is COC(=O)NC(C(=O)NN)C(C)(C)C.Cl. The van der Waals surface area contributed by atoms with Crippen molar-refractivity contribution in [2.75, 3.05) is 7.11 Å². The van der Waals surface area contributed by atoms with E-state index in [2.05, 4.69) is 10.1 Å². The summed E-state index contributed by atoms with van der Waals surface area (Å²) < 4.78 is 4.40. The number of halogens is 1. The van der Waals surface area contributed by atoms with Gasteiger partial charge in [0.25, 0.3) is 5.91 Å². The van der Waals surface area contributed by atoms with Crippen LogP contribution in [0.1, 0.15) is 20.8 Å². The average Bonchev–Trinajstić information content (AvgIpc) is 2.10. The van der Waals surface area contributed by atoms with Gasteiger partial charge in [0.15, 0.2) is 0 Å². The van der Waals surface area contributed by atoms with Gasteiger partial charge in [-0.15, -0.1) is 12.4 Å². The van der Waals surface area contributed by atoms with Crippen molar-refractivity contribution in [3.05, 3.63) is 0 Å². The third-order valence-corrected chi connectivity index (χ3v) is 1.72. The van der Waals surface area contributed by atoms with Crippen LogP contribution in [0.2, 0.25) is 0 Å². The van der Waals surface area contributed by atoms with Gasteiger partial charge in [0.1, 0.15) is 6.04 Å². The molecule has 0 rings (SSSR count). The Balaban J connectivity index is 0. The molecule has 7 heteroatoms. The molecule has 0 aliphatic heterocycles. The average molecular weight is 240 g/mol. The normalized spacial score (nSPS) is 12.1. The standard InChI is InChI=1S/C8H17N3O3.ClH/c1-8(2,3)5(6(12)11-9)10-7(13)14-4;/h5H,9H2,1-4H3,(H,10,13)(H,11,12);1H. The van der Waals surface area contributed by atoms with E-state index >= 15 is 0 Å². The lowest BCUT2D eigenvalue weighted by Gasteiger charge is -2.28. The van der Waals surface area contributed by atoms with E-state index in [0.717, 1.165) is 0 Å². The molecule has 0 bridgehead atoms. The Labute approximate surface area is 95.3 Å². The molecule has 1 atom stereocenters. The van der Waals surface area contributed by atoms with E-state index in [1.807, 2.05) is 26.2 Å². The van der Waals surface area contributed by atoms with Crippen LogP contribution < -0.4 is 16.6 Å². The van der Waals surface area contributed by atoms with Crippen LogP contribution in [0, 0.1) is 5.41 Å². The van der Waals surface area contributed by atoms with Crippen molar-refractivity contribution in [2.24, 2.45) is 11.3 Å². The fraction of sp³-hybridized carbons (Fsp3) is 0.750. The summed E-state index contributed by atoms with van der Waals surface area (Å²) in [6.07, 6.45) is -0.659. The first-order valence-electron chi connectivity index (χ1n) is 4.18. The minimum absolute atomic E-state index is 0. The molecule has 0 spiro atoms. The zero-order valence-corrected chi connectivity index (χ0v) is 10.1. The first-order chi connectivity index (χ1) is 6.32. The summed E-state index contributed by atoms with van der Waals surface area (Å²) in [5, 5.41) is 2.40. The molecule has 15 heavy (non-hydrogen) atoms. The molecular weight excluding hydrogens is 222 g/mol. The van der Waals surface area contributed by atoms with Gasteiger partial charge in [-0.3, -0.25) is 10.2 Å². The molecule has 0 saturated carbocycles. The van der Waals surface area contributed by atoms with E-state index in [9.17, 15) is 9.59 Å². The van der Waals surface area contributed by atoms with Gasteiger partial charge in [0.2, 0.25) is 0 Å². The van der Waals surface area contributed by atoms with Crippen molar-refractivity contribution >= 4 is 24.4 Å². The van der Waals surface area contributed by atoms with Crippen LogP contribution >= 0.6 is 12.4 Å². The van der Waals surface area contributed by atoms with Crippen LogP contribution in [0.3, 0.4) is 0 Å². The van der Waals surface area contributed by atoms with Crippen molar-refractivity contribution in [1.82, 2.24) is 10.7 Å². The van der Waals surface area contributed by atoms with Crippen molar-refractivity contribution in [2.45, 2.75) is 26.8 Å². The molecule has 0 heterocycles. The second kappa shape index (κ2) is 6.47. The van der Waals surface area contributed by atoms with Crippen molar-refractivity contribution < 1.29 is 14.3 Å². The number of amides is 2. The lowest BCUT2D eigenvalue weighted by atomic mass is 9.86. The molecule has 0 aliphatic rings. The van der Waals surface area contributed by atoms with Crippen molar-refractivity contribution in [3.63, 3.8) is 0 Å². The predicted molar refractivity (Wildman–Crippen MR) is 58.4 cm³/mol. The molecule has 2 amide bonds. The highest BCUT2D eigenvalue weighted by Crippen LogP contribution is 2.19. The highest BCUT2D eigenvalue weighted by molar-refractivity contribution is 5.86. The highest BCUT2D eigenvalue weighted by Gasteiger charge is 2.32. The number of rotatable bonds is 2. The molecule has 0 aliphatic carbocycles. The molecular formula is C8H18ClN3O3. The third kappa shape index (κ3) is 5.44. The molecule has 0 radical (unpaired) electrons.